The third kappa shape index (κ3) is 3.09. The lowest BCUT2D eigenvalue weighted by molar-refractivity contribution is 1.02. The second-order valence-corrected chi connectivity index (χ2v) is 5.10. The van der Waals surface area contributed by atoms with Crippen LogP contribution in [0.2, 0.25) is 0 Å². The topological polar surface area (TPSA) is 50.9 Å². The van der Waals surface area contributed by atoms with Crippen LogP contribution in [0.4, 0.5) is 11.4 Å². The Morgan fingerprint density at radius 2 is 2.18 bits per heavy atom. The predicted octanol–water partition coefficient (Wildman–Crippen LogP) is 3.19. The Balaban J connectivity index is 2.10. The van der Waals surface area contributed by atoms with E-state index in [1.807, 2.05) is 24.3 Å². The van der Waals surface area contributed by atoms with Crippen LogP contribution in [-0.4, -0.2) is 4.98 Å². The van der Waals surface area contributed by atoms with Gasteiger partial charge in [0, 0.05) is 9.77 Å². The molecular formula is C13H14IN3. The first kappa shape index (κ1) is 12.2. The minimum Gasteiger partial charge on any atom is -0.397 e. The maximum Gasteiger partial charge on any atom is 0.0623 e. The number of hydrogen-bond donors (Lipinski definition) is 2. The first-order chi connectivity index (χ1) is 8.16. The SMILES string of the molecule is Cc1cccnc1CNc1ccc(I)cc1N. The first-order valence-electron chi connectivity index (χ1n) is 5.36. The summed E-state index contributed by atoms with van der Waals surface area (Å²) in [6.07, 6.45) is 1.81. The molecule has 0 fully saturated rings. The van der Waals surface area contributed by atoms with Gasteiger partial charge in [-0.3, -0.25) is 4.98 Å². The molecule has 1 heterocycles. The molecule has 0 amide bonds. The van der Waals surface area contributed by atoms with Gasteiger partial charge in [0.25, 0.3) is 0 Å². The van der Waals surface area contributed by atoms with Crippen LogP contribution >= 0.6 is 22.6 Å². The molecule has 0 saturated heterocycles. The van der Waals surface area contributed by atoms with Crippen LogP contribution in [0.5, 0.6) is 0 Å². The van der Waals surface area contributed by atoms with Crippen molar-refractivity contribution in [2.45, 2.75) is 13.5 Å². The van der Waals surface area contributed by atoms with Gasteiger partial charge in [0.2, 0.25) is 0 Å². The van der Waals surface area contributed by atoms with Gasteiger partial charge in [-0.2, -0.15) is 0 Å². The molecule has 2 rings (SSSR count). The summed E-state index contributed by atoms with van der Waals surface area (Å²) >= 11 is 2.25. The second-order valence-electron chi connectivity index (χ2n) is 3.85. The van der Waals surface area contributed by atoms with Crippen LogP contribution in [0.25, 0.3) is 0 Å². The number of aromatic nitrogens is 1. The molecule has 0 aliphatic carbocycles. The standard InChI is InChI=1S/C13H14IN3/c1-9-3-2-6-16-13(9)8-17-12-5-4-10(14)7-11(12)15/h2-7,17H,8,15H2,1H3. The number of nitrogens with zero attached hydrogens (tertiary/aromatic N) is 1. The van der Waals surface area contributed by atoms with Crippen LogP contribution in [0, 0.1) is 10.5 Å². The number of nitrogen functional groups attached to an aromatic ring is 1. The molecule has 17 heavy (non-hydrogen) atoms. The van der Waals surface area contributed by atoms with Crippen molar-refractivity contribution in [2.24, 2.45) is 0 Å². The first-order valence-corrected chi connectivity index (χ1v) is 6.44. The summed E-state index contributed by atoms with van der Waals surface area (Å²) in [6, 6.07) is 9.98. The molecule has 3 nitrogen and oxygen atoms in total. The Hall–Kier alpha value is -1.30. The van der Waals surface area contributed by atoms with Gasteiger partial charge in [-0.25, -0.2) is 0 Å². The summed E-state index contributed by atoms with van der Waals surface area (Å²) in [4.78, 5) is 4.34. The van der Waals surface area contributed by atoms with E-state index in [0.29, 0.717) is 6.54 Å². The summed E-state index contributed by atoms with van der Waals surface area (Å²) in [6.45, 7) is 2.75. The minimum atomic E-state index is 0.692. The van der Waals surface area contributed by atoms with Gasteiger partial charge >= 0.3 is 0 Å². The van der Waals surface area contributed by atoms with Crippen molar-refractivity contribution >= 4 is 34.0 Å². The molecule has 0 unspecified atom stereocenters. The van der Waals surface area contributed by atoms with Crippen molar-refractivity contribution < 1.29 is 0 Å². The zero-order valence-electron chi connectivity index (χ0n) is 9.57. The van der Waals surface area contributed by atoms with Gasteiger partial charge in [-0.05, 0) is 59.3 Å². The highest BCUT2D eigenvalue weighted by molar-refractivity contribution is 14.1. The van der Waals surface area contributed by atoms with Crippen molar-refractivity contribution in [1.29, 1.82) is 0 Å². The van der Waals surface area contributed by atoms with E-state index in [2.05, 4.69) is 45.9 Å². The van der Waals surface area contributed by atoms with E-state index in [4.69, 9.17) is 5.73 Å². The number of benzene rings is 1. The Kier molecular flexibility index (Phi) is 3.83. The van der Waals surface area contributed by atoms with Crippen molar-refractivity contribution in [3.05, 3.63) is 51.4 Å². The van der Waals surface area contributed by atoms with E-state index in [1.54, 1.807) is 6.20 Å². The molecule has 0 radical (unpaired) electrons. The lowest BCUT2D eigenvalue weighted by atomic mass is 10.2. The quantitative estimate of drug-likeness (QED) is 0.667. The lowest BCUT2D eigenvalue weighted by Crippen LogP contribution is -2.05. The highest BCUT2D eigenvalue weighted by Gasteiger charge is 2.02. The molecular weight excluding hydrogens is 325 g/mol. The predicted molar refractivity (Wildman–Crippen MR) is 79.9 cm³/mol. The fourth-order valence-electron chi connectivity index (χ4n) is 1.58. The molecule has 0 spiro atoms. The van der Waals surface area contributed by atoms with Crippen LogP contribution in [0.15, 0.2) is 36.5 Å². The van der Waals surface area contributed by atoms with Crippen molar-refractivity contribution in [3.8, 4) is 0 Å². The number of halogens is 1. The number of aryl methyl sites for hydroxylation is 1. The van der Waals surface area contributed by atoms with E-state index in [9.17, 15) is 0 Å². The lowest BCUT2D eigenvalue weighted by Gasteiger charge is -2.10. The largest absolute Gasteiger partial charge is 0.397 e. The number of anilines is 2. The molecule has 0 saturated carbocycles. The molecule has 0 atom stereocenters. The smallest absolute Gasteiger partial charge is 0.0623 e. The van der Waals surface area contributed by atoms with Gasteiger partial charge in [0.05, 0.1) is 23.6 Å². The zero-order chi connectivity index (χ0) is 12.3. The summed E-state index contributed by atoms with van der Waals surface area (Å²) < 4.78 is 1.14. The average molecular weight is 339 g/mol. The summed E-state index contributed by atoms with van der Waals surface area (Å²) in [5.74, 6) is 0. The molecule has 0 bridgehead atoms. The molecule has 3 N–H and O–H groups in total. The maximum absolute atomic E-state index is 5.94. The highest BCUT2D eigenvalue weighted by Crippen LogP contribution is 2.21. The third-order valence-electron chi connectivity index (χ3n) is 2.58. The third-order valence-corrected chi connectivity index (χ3v) is 3.25. The normalized spacial score (nSPS) is 10.2. The number of nitrogens with two attached hydrogens (primary N) is 1. The molecule has 4 heteroatoms. The van der Waals surface area contributed by atoms with Gasteiger partial charge in [-0.1, -0.05) is 6.07 Å². The molecule has 1 aromatic carbocycles. The molecule has 2 aromatic rings. The maximum atomic E-state index is 5.94. The molecule has 88 valence electrons. The van der Waals surface area contributed by atoms with E-state index in [1.165, 1.54) is 5.56 Å². The van der Waals surface area contributed by atoms with E-state index < -0.39 is 0 Å². The van der Waals surface area contributed by atoms with Crippen molar-refractivity contribution in [2.75, 3.05) is 11.1 Å². The zero-order valence-corrected chi connectivity index (χ0v) is 11.7. The van der Waals surface area contributed by atoms with Gasteiger partial charge in [-0.15, -0.1) is 0 Å². The van der Waals surface area contributed by atoms with Crippen LogP contribution in [-0.2, 0) is 6.54 Å². The van der Waals surface area contributed by atoms with E-state index in [0.717, 1.165) is 20.6 Å². The van der Waals surface area contributed by atoms with Gasteiger partial charge < -0.3 is 11.1 Å². The van der Waals surface area contributed by atoms with Gasteiger partial charge in [0.15, 0.2) is 0 Å². The van der Waals surface area contributed by atoms with Gasteiger partial charge in [0.1, 0.15) is 0 Å². The van der Waals surface area contributed by atoms with E-state index >= 15 is 0 Å². The number of hydrogen-bond acceptors (Lipinski definition) is 3. The van der Waals surface area contributed by atoms with E-state index in [-0.39, 0.29) is 0 Å². The molecule has 0 aliphatic heterocycles. The Morgan fingerprint density at radius 3 is 2.88 bits per heavy atom. The Morgan fingerprint density at radius 1 is 1.35 bits per heavy atom. The Bertz CT molecular complexity index is 526. The number of nitrogens with one attached hydrogen (secondary N) is 1. The van der Waals surface area contributed by atoms with Crippen molar-refractivity contribution in [1.82, 2.24) is 4.98 Å². The highest BCUT2D eigenvalue weighted by atomic mass is 127. The summed E-state index contributed by atoms with van der Waals surface area (Å²) in [5, 5.41) is 3.31. The van der Waals surface area contributed by atoms with Crippen molar-refractivity contribution in [3.63, 3.8) is 0 Å². The molecule has 1 aromatic heterocycles. The fraction of sp³-hybridized carbons (Fsp3) is 0.154. The Labute approximate surface area is 115 Å². The fourth-order valence-corrected chi connectivity index (χ4v) is 2.09. The summed E-state index contributed by atoms with van der Waals surface area (Å²) in [5.41, 5.74) is 9.89. The summed E-state index contributed by atoms with van der Waals surface area (Å²) in [7, 11) is 0. The van der Waals surface area contributed by atoms with Crippen LogP contribution < -0.4 is 11.1 Å². The number of rotatable bonds is 3. The average Bonchev–Trinajstić information content (AvgIpc) is 2.30. The minimum absolute atomic E-state index is 0.692. The number of pyridine rings is 1. The van der Waals surface area contributed by atoms with Crippen LogP contribution in [0.1, 0.15) is 11.3 Å². The van der Waals surface area contributed by atoms with Crippen LogP contribution in [0.3, 0.4) is 0 Å². The monoisotopic (exact) mass is 339 g/mol. The second kappa shape index (κ2) is 5.35. The molecule has 0 aliphatic rings.